The molecule has 3 aliphatic rings. The van der Waals surface area contributed by atoms with Crippen molar-refractivity contribution >= 4 is 27.5 Å². The molecule has 0 aromatic carbocycles. The van der Waals surface area contributed by atoms with Crippen LogP contribution in [0.15, 0.2) is 16.7 Å². The molecule has 1 saturated heterocycles. The maximum absolute atomic E-state index is 13.1. The van der Waals surface area contributed by atoms with E-state index < -0.39 is 11.0 Å². The summed E-state index contributed by atoms with van der Waals surface area (Å²) in [5.41, 5.74) is 0.738. The van der Waals surface area contributed by atoms with Gasteiger partial charge in [0, 0.05) is 29.6 Å². The molecule has 2 aliphatic heterocycles. The van der Waals surface area contributed by atoms with Crippen LogP contribution in [0.1, 0.15) is 58.1 Å². The van der Waals surface area contributed by atoms with E-state index >= 15 is 0 Å². The minimum atomic E-state index is -0.608. The highest BCUT2D eigenvalue weighted by atomic mass is 79.9. The summed E-state index contributed by atoms with van der Waals surface area (Å²) in [5, 5.41) is 9.93. The third-order valence-electron chi connectivity index (χ3n) is 6.37. The summed E-state index contributed by atoms with van der Waals surface area (Å²) in [7, 11) is 0. The number of aromatic nitrogens is 1. The lowest BCUT2D eigenvalue weighted by molar-refractivity contribution is -0.123. The second kappa shape index (κ2) is 6.31. The molecule has 1 aromatic rings. The van der Waals surface area contributed by atoms with Crippen LogP contribution < -0.4 is 4.90 Å². The number of carbonyl (C=O) groups excluding carboxylic acids is 1. The monoisotopic (exact) mass is 416 g/mol. The molecule has 1 saturated carbocycles. The van der Waals surface area contributed by atoms with E-state index in [2.05, 4.69) is 31.9 Å². The molecule has 1 aromatic heterocycles. The first-order chi connectivity index (χ1) is 12.4. The van der Waals surface area contributed by atoms with E-state index in [0.29, 0.717) is 0 Å². The highest BCUT2D eigenvalue weighted by Crippen LogP contribution is 2.49. The Labute approximate surface area is 163 Å². The van der Waals surface area contributed by atoms with Crippen molar-refractivity contribution in [1.29, 1.82) is 5.26 Å². The molecule has 1 amide bonds. The summed E-state index contributed by atoms with van der Waals surface area (Å²) in [6, 6.07) is 4.68. The van der Waals surface area contributed by atoms with E-state index in [1.165, 1.54) is 25.7 Å². The standard InChI is InChI=1S/C20H25BrN4O/c1-19(2)17-16(9-14(21)12-23-17)25(18(19)26)15-10-20(11-15,13-22)24-7-5-3-4-6-8-24/h9,12,15H,3-8,10-11H2,1-2H3/t15-,20+. The van der Waals surface area contributed by atoms with E-state index in [1.807, 2.05) is 24.8 Å². The van der Waals surface area contributed by atoms with Crippen LogP contribution in [0, 0.1) is 11.3 Å². The number of carbonyl (C=O) groups is 1. The second-order valence-electron chi connectivity index (χ2n) is 8.43. The second-order valence-corrected chi connectivity index (χ2v) is 9.34. The van der Waals surface area contributed by atoms with Gasteiger partial charge in [0.25, 0.3) is 0 Å². The highest BCUT2D eigenvalue weighted by molar-refractivity contribution is 9.10. The minimum absolute atomic E-state index is 0.0852. The van der Waals surface area contributed by atoms with Crippen molar-refractivity contribution in [3.05, 3.63) is 22.4 Å². The molecule has 4 rings (SSSR count). The topological polar surface area (TPSA) is 60.2 Å². The van der Waals surface area contributed by atoms with Crippen LogP contribution in [0.4, 0.5) is 5.69 Å². The number of hydrogen-bond donors (Lipinski definition) is 0. The van der Waals surface area contributed by atoms with Gasteiger partial charge in [-0.2, -0.15) is 5.26 Å². The molecule has 1 aliphatic carbocycles. The normalized spacial score (nSPS) is 31.1. The number of hydrogen-bond acceptors (Lipinski definition) is 4. The summed E-state index contributed by atoms with van der Waals surface area (Å²) >= 11 is 3.49. The van der Waals surface area contributed by atoms with E-state index in [4.69, 9.17) is 0 Å². The number of amides is 1. The molecule has 0 spiro atoms. The number of halogens is 1. The van der Waals surface area contributed by atoms with Gasteiger partial charge in [0.15, 0.2) is 0 Å². The van der Waals surface area contributed by atoms with Gasteiger partial charge in [0.2, 0.25) is 5.91 Å². The maximum atomic E-state index is 13.1. The number of rotatable bonds is 2. The van der Waals surface area contributed by atoms with Crippen molar-refractivity contribution in [2.24, 2.45) is 0 Å². The average molecular weight is 417 g/mol. The summed E-state index contributed by atoms with van der Waals surface area (Å²) in [5.74, 6) is 0.102. The minimum Gasteiger partial charge on any atom is -0.306 e. The fourth-order valence-corrected chi connectivity index (χ4v) is 5.11. The number of anilines is 1. The van der Waals surface area contributed by atoms with Gasteiger partial charge in [-0.3, -0.25) is 14.7 Å². The number of nitriles is 1. The SMILES string of the molecule is CC1(C)C(=O)N([C@H]2C[C@@](C#N)(N3CCCCCC3)C2)c2cc(Br)cnc21. The Bertz CT molecular complexity index is 771. The molecule has 0 unspecified atom stereocenters. The highest BCUT2D eigenvalue weighted by Gasteiger charge is 2.56. The number of pyridine rings is 1. The van der Waals surface area contributed by atoms with Crippen LogP contribution in [0.2, 0.25) is 0 Å². The van der Waals surface area contributed by atoms with Gasteiger partial charge in [0.05, 0.1) is 22.9 Å². The van der Waals surface area contributed by atoms with Gasteiger partial charge in [-0.15, -0.1) is 0 Å². The van der Waals surface area contributed by atoms with Gasteiger partial charge in [-0.1, -0.05) is 12.8 Å². The Morgan fingerprint density at radius 2 is 1.88 bits per heavy atom. The lowest BCUT2D eigenvalue weighted by Crippen LogP contribution is -2.64. The first-order valence-corrected chi connectivity index (χ1v) is 10.3. The number of fused-ring (bicyclic) bond motifs is 1. The average Bonchev–Trinajstić information content (AvgIpc) is 2.79. The molecule has 2 fully saturated rings. The van der Waals surface area contributed by atoms with Crippen LogP contribution >= 0.6 is 15.9 Å². The van der Waals surface area contributed by atoms with Crippen molar-refractivity contribution < 1.29 is 4.79 Å². The molecule has 5 nitrogen and oxygen atoms in total. The van der Waals surface area contributed by atoms with Crippen molar-refractivity contribution in [3.8, 4) is 6.07 Å². The number of likely N-dealkylation sites (tertiary alicyclic amines) is 1. The zero-order valence-corrected chi connectivity index (χ0v) is 17.0. The predicted octanol–water partition coefficient (Wildman–Crippen LogP) is 3.77. The molecule has 0 radical (unpaired) electrons. The summed E-state index contributed by atoms with van der Waals surface area (Å²) in [6.45, 7) is 5.90. The van der Waals surface area contributed by atoms with Crippen LogP contribution in [-0.4, -0.2) is 40.5 Å². The van der Waals surface area contributed by atoms with Crippen LogP contribution in [0.3, 0.4) is 0 Å². The lowest BCUT2D eigenvalue weighted by Gasteiger charge is -2.52. The zero-order chi connectivity index (χ0) is 18.5. The fourth-order valence-electron chi connectivity index (χ4n) is 4.79. The molecule has 3 heterocycles. The Balaban J connectivity index is 1.60. The molecule has 138 valence electrons. The fraction of sp³-hybridized carbons (Fsp3) is 0.650. The van der Waals surface area contributed by atoms with Crippen molar-refractivity contribution in [2.45, 2.75) is 69.4 Å². The smallest absolute Gasteiger partial charge is 0.239 e. The first kappa shape index (κ1) is 17.9. The molecule has 6 heteroatoms. The Morgan fingerprint density at radius 3 is 2.50 bits per heavy atom. The van der Waals surface area contributed by atoms with Crippen molar-refractivity contribution in [2.75, 3.05) is 18.0 Å². The third-order valence-corrected chi connectivity index (χ3v) is 6.80. The van der Waals surface area contributed by atoms with E-state index in [-0.39, 0.29) is 11.9 Å². The van der Waals surface area contributed by atoms with Gasteiger partial charge >= 0.3 is 0 Å². The van der Waals surface area contributed by atoms with Gasteiger partial charge in [-0.25, -0.2) is 0 Å². The summed E-state index contributed by atoms with van der Waals surface area (Å²) in [6.07, 6.45) is 8.08. The first-order valence-electron chi connectivity index (χ1n) is 9.55. The number of nitrogens with zero attached hydrogens (tertiary/aromatic N) is 4. The van der Waals surface area contributed by atoms with Crippen LogP contribution in [0.5, 0.6) is 0 Å². The Morgan fingerprint density at radius 1 is 1.23 bits per heavy atom. The summed E-state index contributed by atoms with van der Waals surface area (Å²) in [4.78, 5) is 22.0. The third kappa shape index (κ3) is 2.59. The summed E-state index contributed by atoms with van der Waals surface area (Å²) < 4.78 is 0.880. The van der Waals surface area contributed by atoms with E-state index in [1.54, 1.807) is 6.20 Å². The molecule has 0 N–H and O–H groups in total. The Hall–Kier alpha value is -1.45. The predicted molar refractivity (Wildman–Crippen MR) is 104 cm³/mol. The molecule has 0 atom stereocenters. The van der Waals surface area contributed by atoms with E-state index in [9.17, 15) is 10.1 Å². The lowest BCUT2D eigenvalue weighted by atomic mass is 9.71. The largest absolute Gasteiger partial charge is 0.306 e. The quantitative estimate of drug-likeness (QED) is 0.735. The molecular formula is C20H25BrN4O. The molecular weight excluding hydrogens is 392 g/mol. The van der Waals surface area contributed by atoms with Gasteiger partial charge in [0.1, 0.15) is 5.54 Å². The zero-order valence-electron chi connectivity index (χ0n) is 15.5. The van der Waals surface area contributed by atoms with Gasteiger partial charge in [-0.05, 0) is 61.8 Å². The van der Waals surface area contributed by atoms with Crippen LogP contribution in [-0.2, 0) is 10.2 Å². The molecule has 26 heavy (non-hydrogen) atoms. The van der Waals surface area contributed by atoms with E-state index in [0.717, 1.165) is 41.8 Å². The van der Waals surface area contributed by atoms with Crippen molar-refractivity contribution in [3.63, 3.8) is 0 Å². The Kier molecular flexibility index (Phi) is 4.36. The van der Waals surface area contributed by atoms with Gasteiger partial charge < -0.3 is 4.90 Å². The van der Waals surface area contributed by atoms with Crippen molar-refractivity contribution in [1.82, 2.24) is 9.88 Å². The maximum Gasteiger partial charge on any atom is 0.239 e. The molecule has 0 bridgehead atoms. The van der Waals surface area contributed by atoms with Crippen LogP contribution in [0.25, 0.3) is 0 Å².